The van der Waals surface area contributed by atoms with Crippen LogP contribution < -0.4 is 4.74 Å². The molecule has 0 fully saturated rings. The number of nitrogens with zero attached hydrogens (tertiary/aromatic N) is 3. The van der Waals surface area contributed by atoms with Gasteiger partial charge in [-0.15, -0.1) is 22.7 Å². The molecule has 7 heteroatoms. The lowest BCUT2D eigenvalue weighted by molar-refractivity contribution is -0.132. The van der Waals surface area contributed by atoms with Crippen molar-refractivity contribution in [1.29, 1.82) is 0 Å². The van der Waals surface area contributed by atoms with Crippen molar-refractivity contribution in [3.8, 4) is 5.88 Å². The van der Waals surface area contributed by atoms with E-state index < -0.39 is 0 Å². The molecule has 0 bridgehead atoms. The van der Waals surface area contributed by atoms with E-state index in [1.165, 1.54) is 23.2 Å². The molecular weight excluding hydrogens is 342 g/mol. The molecule has 24 heavy (non-hydrogen) atoms. The van der Waals surface area contributed by atoms with Gasteiger partial charge >= 0.3 is 0 Å². The number of thiophene rings is 2. The molecule has 1 aliphatic rings. The van der Waals surface area contributed by atoms with Gasteiger partial charge in [-0.1, -0.05) is 6.07 Å². The zero-order valence-electron chi connectivity index (χ0n) is 13.3. The summed E-state index contributed by atoms with van der Waals surface area (Å²) in [6.07, 6.45) is 4.85. The molecule has 0 spiro atoms. The van der Waals surface area contributed by atoms with E-state index in [0.717, 1.165) is 27.9 Å². The molecule has 0 unspecified atom stereocenters. The van der Waals surface area contributed by atoms with Crippen molar-refractivity contribution in [2.45, 2.75) is 25.8 Å². The quantitative estimate of drug-likeness (QED) is 0.701. The van der Waals surface area contributed by atoms with Gasteiger partial charge in [0, 0.05) is 16.8 Å². The summed E-state index contributed by atoms with van der Waals surface area (Å²) >= 11 is 3.36. The number of rotatable bonds is 5. The smallest absolute Gasteiger partial charge is 0.260 e. The van der Waals surface area contributed by atoms with E-state index in [0.29, 0.717) is 12.4 Å². The Morgan fingerprint density at radius 1 is 1.38 bits per heavy atom. The van der Waals surface area contributed by atoms with Crippen molar-refractivity contribution < 1.29 is 9.53 Å². The maximum Gasteiger partial charge on any atom is 0.260 e. The zero-order valence-corrected chi connectivity index (χ0v) is 15.0. The van der Waals surface area contributed by atoms with Crippen molar-refractivity contribution in [2.75, 3.05) is 13.7 Å². The van der Waals surface area contributed by atoms with Gasteiger partial charge in [0.15, 0.2) is 6.61 Å². The van der Waals surface area contributed by atoms with Crippen LogP contribution in [-0.2, 0) is 24.2 Å². The SMILES string of the molecule is CN(Cc1cccs1)C(=O)COc1ncnc2sc3c(c12)CCC3. The van der Waals surface area contributed by atoms with Crippen LogP contribution in [0.4, 0.5) is 0 Å². The van der Waals surface area contributed by atoms with Gasteiger partial charge in [-0.25, -0.2) is 9.97 Å². The van der Waals surface area contributed by atoms with Crippen LogP contribution in [0.5, 0.6) is 5.88 Å². The molecule has 0 aliphatic heterocycles. The minimum atomic E-state index is -0.0537. The molecule has 3 aromatic heterocycles. The van der Waals surface area contributed by atoms with E-state index in [2.05, 4.69) is 9.97 Å². The Hall–Kier alpha value is -1.99. The van der Waals surface area contributed by atoms with Gasteiger partial charge in [-0.05, 0) is 36.3 Å². The average Bonchev–Trinajstić information content (AvgIpc) is 3.28. The van der Waals surface area contributed by atoms with Gasteiger partial charge in [-0.3, -0.25) is 4.79 Å². The molecule has 0 saturated heterocycles. The van der Waals surface area contributed by atoms with E-state index in [1.807, 2.05) is 17.5 Å². The Kier molecular flexibility index (Phi) is 4.20. The maximum absolute atomic E-state index is 12.3. The van der Waals surface area contributed by atoms with Crippen LogP contribution in [0.25, 0.3) is 10.2 Å². The summed E-state index contributed by atoms with van der Waals surface area (Å²) < 4.78 is 5.77. The molecule has 0 radical (unpaired) electrons. The second kappa shape index (κ2) is 6.49. The summed E-state index contributed by atoms with van der Waals surface area (Å²) in [6, 6.07) is 4.02. The summed E-state index contributed by atoms with van der Waals surface area (Å²) in [7, 11) is 1.79. The number of carbonyl (C=O) groups excluding carboxylic acids is 1. The number of hydrogen-bond acceptors (Lipinski definition) is 6. The van der Waals surface area contributed by atoms with Gasteiger partial charge in [0.1, 0.15) is 11.2 Å². The summed E-state index contributed by atoms with van der Waals surface area (Å²) in [5.74, 6) is 0.485. The minimum absolute atomic E-state index is 0.00138. The van der Waals surface area contributed by atoms with Crippen LogP contribution in [0.3, 0.4) is 0 Å². The minimum Gasteiger partial charge on any atom is -0.467 e. The Morgan fingerprint density at radius 2 is 2.29 bits per heavy atom. The average molecular weight is 359 g/mol. The second-order valence-electron chi connectivity index (χ2n) is 5.83. The van der Waals surface area contributed by atoms with Crippen molar-refractivity contribution in [3.05, 3.63) is 39.2 Å². The second-order valence-corrected chi connectivity index (χ2v) is 7.95. The van der Waals surface area contributed by atoms with Crippen LogP contribution >= 0.6 is 22.7 Å². The normalized spacial score (nSPS) is 13.2. The Labute approximate surface area is 147 Å². The molecule has 0 saturated carbocycles. The number of carbonyl (C=O) groups is 1. The molecule has 4 rings (SSSR count). The standard InChI is InChI=1S/C17H17N3O2S2/c1-20(8-11-4-3-7-23-11)14(21)9-22-16-15-12-5-2-6-13(12)24-17(15)19-10-18-16/h3-4,7,10H,2,5-6,8-9H2,1H3. The molecule has 5 nitrogen and oxygen atoms in total. The third kappa shape index (κ3) is 2.89. The Morgan fingerprint density at radius 3 is 3.12 bits per heavy atom. The first-order valence-electron chi connectivity index (χ1n) is 7.87. The van der Waals surface area contributed by atoms with E-state index in [4.69, 9.17) is 4.74 Å². The van der Waals surface area contributed by atoms with E-state index in [-0.39, 0.29) is 12.5 Å². The molecular formula is C17H17N3O2S2. The van der Waals surface area contributed by atoms with Gasteiger partial charge in [0.2, 0.25) is 5.88 Å². The number of hydrogen-bond donors (Lipinski definition) is 0. The lowest BCUT2D eigenvalue weighted by Crippen LogP contribution is -2.30. The summed E-state index contributed by atoms with van der Waals surface area (Å²) in [5, 5.41) is 3.02. The fraction of sp³-hybridized carbons (Fsp3) is 0.353. The van der Waals surface area contributed by atoms with Crippen LogP contribution in [0.15, 0.2) is 23.8 Å². The zero-order chi connectivity index (χ0) is 16.5. The van der Waals surface area contributed by atoms with Crippen molar-refractivity contribution in [2.24, 2.45) is 0 Å². The van der Waals surface area contributed by atoms with Crippen molar-refractivity contribution in [3.63, 3.8) is 0 Å². The monoisotopic (exact) mass is 359 g/mol. The molecule has 0 aromatic carbocycles. The lowest BCUT2D eigenvalue weighted by Gasteiger charge is -2.16. The van der Waals surface area contributed by atoms with Crippen LogP contribution in [-0.4, -0.2) is 34.4 Å². The molecule has 1 aliphatic carbocycles. The number of aromatic nitrogens is 2. The van der Waals surface area contributed by atoms with Gasteiger partial charge in [0.05, 0.1) is 11.9 Å². The largest absolute Gasteiger partial charge is 0.467 e. The molecule has 1 amide bonds. The first-order chi connectivity index (χ1) is 11.7. The van der Waals surface area contributed by atoms with Crippen molar-refractivity contribution >= 4 is 38.8 Å². The van der Waals surface area contributed by atoms with Crippen LogP contribution in [0, 0.1) is 0 Å². The van der Waals surface area contributed by atoms with E-state index >= 15 is 0 Å². The highest BCUT2D eigenvalue weighted by Gasteiger charge is 2.22. The lowest BCUT2D eigenvalue weighted by atomic mass is 10.2. The third-order valence-electron chi connectivity index (χ3n) is 4.20. The predicted molar refractivity (Wildman–Crippen MR) is 95.7 cm³/mol. The van der Waals surface area contributed by atoms with Crippen LogP contribution in [0.1, 0.15) is 21.7 Å². The summed E-state index contributed by atoms with van der Waals surface area (Å²) in [4.78, 5) is 26.1. The fourth-order valence-corrected chi connectivity index (χ4v) is 4.95. The highest BCUT2D eigenvalue weighted by atomic mass is 32.1. The summed E-state index contributed by atoms with van der Waals surface area (Å²) in [5.41, 5.74) is 1.31. The number of fused-ring (bicyclic) bond motifs is 3. The summed E-state index contributed by atoms with van der Waals surface area (Å²) in [6.45, 7) is 0.603. The highest BCUT2D eigenvalue weighted by molar-refractivity contribution is 7.19. The first-order valence-corrected chi connectivity index (χ1v) is 9.56. The number of ether oxygens (including phenoxy) is 1. The number of aryl methyl sites for hydroxylation is 2. The molecule has 0 N–H and O–H groups in total. The Bertz CT molecular complexity index is 873. The van der Waals surface area contributed by atoms with E-state index in [9.17, 15) is 4.79 Å². The Balaban J connectivity index is 1.48. The predicted octanol–water partition coefficient (Wildman–Crippen LogP) is 3.28. The van der Waals surface area contributed by atoms with Crippen molar-refractivity contribution in [1.82, 2.24) is 14.9 Å². The highest BCUT2D eigenvalue weighted by Crippen LogP contribution is 2.39. The van der Waals surface area contributed by atoms with E-state index in [1.54, 1.807) is 34.6 Å². The molecule has 124 valence electrons. The molecule has 3 heterocycles. The van der Waals surface area contributed by atoms with Gasteiger partial charge in [-0.2, -0.15) is 0 Å². The topological polar surface area (TPSA) is 55.3 Å². The van der Waals surface area contributed by atoms with Crippen LogP contribution in [0.2, 0.25) is 0 Å². The molecule has 3 aromatic rings. The van der Waals surface area contributed by atoms with Gasteiger partial charge in [0.25, 0.3) is 5.91 Å². The maximum atomic E-state index is 12.3. The molecule has 0 atom stereocenters. The third-order valence-corrected chi connectivity index (χ3v) is 6.26. The van der Waals surface area contributed by atoms with Gasteiger partial charge < -0.3 is 9.64 Å². The number of amides is 1. The first kappa shape index (κ1) is 15.5. The fourth-order valence-electron chi connectivity index (χ4n) is 2.97. The number of likely N-dealkylation sites (N-methyl/N-ethyl adjacent to an activating group) is 1.